The van der Waals surface area contributed by atoms with Crippen LogP contribution in [0.15, 0.2) is 18.3 Å². The SMILES string of the molecule is CCCS(=O)(=O)Nc1ccc(N2CCCCC2)cn1. The number of pyridine rings is 1. The average molecular weight is 283 g/mol. The molecule has 2 rings (SSSR count). The normalized spacial score (nSPS) is 16.4. The molecule has 106 valence electrons. The van der Waals surface area contributed by atoms with E-state index >= 15 is 0 Å². The second-order valence-electron chi connectivity index (χ2n) is 4.87. The zero-order valence-corrected chi connectivity index (χ0v) is 12.1. The van der Waals surface area contributed by atoms with Gasteiger partial charge in [-0.25, -0.2) is 13.4 Å². The molecule has 1 aromatic rings. The van der Waals surface area contributed by atoms with Crippen molar-refractivity contribution >= 4 is 21.5 Å². The molecule has 0 bridgehead atoms. The van der Waals surface area contributed by atoms with Gasteiger partial charge in [-0.1, -0.05) is 6.92 Å². The van der Waals surface area contributed by atoms with Gasteiger partial charge in [0.1, 0.15) is 5.82 Å². The summed E-state index contributed by atoms with van der Waals surface area (Å²) in [6.07, 6.45) is 6.06. The molecular formula is C13H21N3O2S. The number of hydrogen-bond acceptors (Lipinski definition) is 4. The average Bonchev–Trinajstić information content (AvgIpc) is 2.40. The van der Waals surface area contributed by atoms with Crippen LogP contribution in [0, 0.1) is 0 Å². The summed E-state index contributed by atoms with van der Waals surface area (Å²) in [7, 11) is -3.25. The van der Waals surface area contributed by atoms with Gasteiger partial charge in [0.2, 0.25) is 10.0 Å². The van der Waals surface area contributed by atoms with E-state index < -0.39 is 10.0 Å². The third-order valence-corrected chi connectivity index (χ3v) is 4.67. The van der Waals surface area contributed by atoms with Gasteiger partial charge in [-0.3, -0.25) is 4.72 Å². The highest BCUT2D eigenvalue weighted by atomic mass is 32.2. The molecule has 0 amide bonds. The first kappa shape index (κ1) is 14.1. The van der Waals surface area contributed by atoms with Crippen LogP contribution in [0.3, 0.4) is 0 Å². The summed E-state index contributed by atoms with van der Waals surface area (Å²) < 4.78 is 25.7. The van der Waals surface area contributed by atoms with E-state index in [-0.39, 0.29) is 5.75 Å². The minimum Gasteiger partial charge on any atom is -0.370 e. The number of aromatic nitrogens is 1. The highest BCUT2D eigenvalue weighted by molar-refractivity contribution is 7.92. The van der Waals surface area contributed by atoms with Crippen molar-refractivity contribution in [3.63, 3.8) is 0 Å². The fourth-order valence-corrected chi connectivity index (χ4v) is 3.34. The van der Waals surface area contributed by atoms with Crippen LogP contribution in [0.25, 0.3) is 0 Å². The van der Waals surface area contributed by atoms with Gasteiger partial charge in [0.25, 0.3) is 0 Å². The minimum absolute atomic E-state index is 0.128. The summed E-state index contributed by atoms with van der Waals surface area (Å²) in [5.41, 5.74) is 1.07. The summed E-state index contributed by atoms with van der Waals surface area (Å²) in [5.74, 6) is 0.525. The quantitative estimate of drug-likeness (QED) is 0.900. The van der Waals surface area contributed by atoms with Crippen LogP contribution >= 0.6 is 0 Å². The Hall–Kier alpha value is -1.30. The van der Waals surface area contributed by atoms with E-state index in [1.54, 1.807) is 12.3 Å². The van der Waals surface area contributed by atoms with E-state index in [0.29, 0.717) is 12.2 Å². The van der Waals surface area contributed by atoms with Crippen LogP contribution in [0.2, 0.25) is 0 Å². The number of piperidine rings is 1. The van der Waals surface area contributed by atoms with Gasteiger partial charge >= 0.3 is 0 Å². The van der Waals surface area contributed by atoms with Crippen LogP contribution in [-0.2, 0) is 10.0 Å². The second kappa shape index (κ2) is 6.23. The molecule has 0 radical (unpaired) electrons. The van der Waals surface area contributed by atoms with Crippen LogP contribution in [-0.4, -0.2) is 32.2 Å². The zero-order chi connectivity index (χ0) is 13.7. The third-order valence-electron chi connectivity index (χ3n) is 3.20. The molecule has 0 aliphatic carbocycles. The fourth-order valence-electron chi connectivity index (χ4n) is 2.26. The van der Waals surface area contributed by atoms with Crippen LogP contribution < -0.4 is 9.62 Å². The molecule has 0 aromatic carbocycles. The summed E-state index contributed by atoms with van der Waals surface area (Å²) in [5, 5.41) is 0. The van der Waals surface area contributed by atoms with Gasteiger partial charge in [-0.15, -0.1) is 0 Å². The predicted molar refractivity (Wildman–Crippen MR) is 78.0 cm³/mol. The molecule has 1 fully saturated rings. The van der Waals surface area contributed by atoms with E-state index in [4.69, 9.17) is 0 Å². The molecule has 0 spiro atoms. The Morgan fingerprint density at radius 2 is 2.00 bits per heavy atom. The smallest absolute Gasteiger partial charge is 0.233 e. The number of nitrogens with one attached hydrogen (secondary N) is 1. The highest BCUT2D eigenvalue weighted by Crippen LogP contribution is 2.20. The van der Waals surface area contributed by atoms with Gasteiger partial charge in [0, 0.05) is 13.1 Å². The van der Waals surface area contributed by atoms with Gasteiger partial charge in [-0.2, -0.15) is 0 Å². The second-order valence-corrected chi connectivity index (χ2v) is 6.71. The molecule has 5 nitrogen and oxygen atoms in total. The summed E-state index contributed by atoms with van der Waals surface area (Å²) in [4.78, 5) is 6.48. The lowest BCUT2D eigenvalue weighted by atomic mass is 10.1. The maximum absolute atomic E-state index is 11.6. The van der Waals surface area contributed by atoms with Crippen molar-refractivity contribution in [2.45, 2.75) is 32.6 Å². The maximum atomic E-state index is 11.6. The molecule has 1 aliphatic heterocycles. The lowest BCUT2D eigenvalue weighted by molar-refractivity contribution is 0.577. The highest BCUT2D eigenvalue weighted by Gasteiger charge is 2.12. The molecule has 0 unspecified atom stereocenters. The molecular weight excluding hydrogens is 262 g/mol. The summed E-state index contributed by atoms with van der Waals surface area (Å²) in [6, 6.07) is 3.67. The van der Waals surface area contributed by atoms with Gasteiger partial charge in [-0.05, 0) is 37.8 Å². The maximum Gasteiger partial charge on any atom is 0.233 e. The third kappa shape index (κ3) is 4.09. The zero-order valence-electron chi connectivity index (χ0n) is 11.3. The first-order chi connectivity index (χ1) is 9.11. The lowest BCUT2D eigenvalue weighted by Crippen LogP contribution is -2.29. The first-order valence-corrected chi connectivity index (χ1v) is 8.47. The summed E-state index contributed by atoms with van der Waals surface area (Å²) in [6.45, 7) is 3.96. The Balaban J connectivity index is 2.02. The number of rotatable bonds is 5. The van der Waals surface area contributed by atoms with Gasteiger partial charge in [0.05, 0.1) is 17.6 Å². The summed E-state index contributed by atoms with van der Waals surface area (Å²) >= 11 is 0. The Morgan fingerprint density at radius 1 is 1.26 bits per heavy atom. The largest absolute Gasteiger partial charge is 0.370 e. The molecule has 6 heteroatoms. The van der Waals surface area contributed by atoms with Crippen molar-refractivity contribution in [3.8, 4) is 0 Å². The molecule has 1 N–H and O–H groups in total. The van der Waals surface area contributed by atoms with E-state index in [1.807, 2.05) is 13.0 Å². The fraction of sp³-hybridized carbons (Fsp3) is 0.615. The molecule has 1 aromatic heterocycles. The Bertz CT molecular complexity index is 493. The molecule has 2 heterocycles. The van der Waals surface area contributed by atoms with E-state index in [9.17, 15) is 8.42 Å². The minimum atomic E-state index is -3.25. The number of sulfonamides is 1. The van der Waals surface area contributed by atoms with Crippen molar-refractivity contribution in [1.82, 2.24) is 4.98 Å². The molecule has 1 aliphatic rings. The standard InChI is InChI=1S/C13H21N3O2S/c1-2-10-19(17,18)15-13-7-6-12(11-14-13)16-8-4-3-5-9-16/h6-7,11H,2-5,8-10H2,1H3,(H,14,15). The van der Waals surface area contributed by atoms with E-state index in [1.165, 1.54) is 19.3 Å². The molecule has 19 heavy (non-hydrogen) atoms. The van der Waals surface area contributed by atoms with Crippen molar-refractivity contribution < 1.29 is 8.42 Å². The first-order valence-electron chi connectivity index (χ1n) is 6.82. The topological polar surface area (TPSA) is 62.3 Å². The van der Waals surface area contributed by atoms with Crippen molar-refractivity contribution in [1.29, 1.82) is 0 Å². The van der Waals surface area contributed by atoms with Gasteiger partial charge in [0.15, 0.2) is 0 Å². The molecule has 0 saturated carbocycles. The predicted octanol–water partition coefficient (Wildman–Crippen LogP) is 2.22. The van der Waals surface area contributed by atoms with Crippen LogP contribution in [0.1, 0.15) is 32.6 Å². The number of nitrogens with zero attached hydrogens (tertiary/aromatic N) is 2. The molecule has 0 atom stereocenters. The van der Waals surface area contributed by atoms with Crippen molar-refractivity contribution in [3.05, 3.63) is 18.3 Å². The lowest BCUT2D eigenvalue weighted by Gasteiger charge is -2.28. The molecule has 1 saturated heterocycles. The van der Waals surface area contributed by atoms with Crippen molar-refractivity contribution in [2.24, 2.45) is 0 Å². The van der Waals surface area contributed by atoms with E-state index in [0.717, 1.165) is 18.8 Å². The van der Waals surface area contributed by atoms with E-state index in [2.05, 4.69) is 14.6 Å². The van der Waals surface area contributed by atoms with Crippen molar-refractivity contribution in [2.75, 3.05) is 28.5 Å². The monoisotopic (exact) mass is 283 g/mol. The Kier molecular flexibility index (Phi) is 4.63. The Morgan fingerprint density at radius 3 is 2.58 bits per heavy atom. The Labute approximate surface area is 115 Å². The van der Waals surface area contributed by atoms with Gasteiger partial charge < -0.3 is 4.90 Å². The van der Waals surface area contributed by atoms with Crippen LogP contribution in [0.5, 0.6) is 0 Å². The number of anilines is 2. The van der Waals surface area contributed by atoms with Crippen LogP contribution in [0.4, 0.5) is 11.5 Å². The number of hydrogen-bond donors (Lipinski definition) is 1.